The number of ether oxygens (including phenoxy) is 1. The molecule has 2 atom stereocenters. The van der Waals surface area contributed by atoms with Crippen molar-refractivity contribution in [3.05, 3.63) is 24.5 Å². The van der Waals surface area contributed by atoms with Gasteiger partial charge in [0.1, 0.15) is 0 Å². The minimum absolute atomic E-state index is 0.200. The van der Waals surface area contributed by atoms with Gasteiger partial charge < -0.3 is 19.8 Å². The van der Waals surface area contributed by atoms with Gasteiger partial charge in [-0.1, -0.05) is 6.92 Å². The van der Waals surface area contributed by atoms with Crippen LogP contribution in [0.5, 0.6) is 0 Å². The third kappa shape index (κ3) is 7.77. The highest BCUT2D eigenvalue weighted by molar-refractivity contribution is 6.00. The molecule has 4 rings (SSSR count). The Hall–Kier alpha value is -2.94. The van der Waals surface area contributed by atoms with Gasteiger partial charge in [-0.25, -0.2) is 9.59 Å². The van der Waals surface area contributed by atoms with Crippen LogP contribution in [0, 0.1) is 11.3 Å². The molecule has 9 nitrogen and oxygen atoms in total. The van der Waals surface area contributed by atoms with Gasteiger partial charge in [0.2, 0.25) is 5.91 Å². The Balaban J connectivity index is 0.000000286. The number of carbonyl (C=O) groups excluding carboxylic acids is 1. The Morgan fingerprint density at radius 1 is 1.08 bits per heavy atom. The van der Waals surface area contributed by atoms with E-state index < -0.39 is 24.3 Å². The lowest BCUT2D eigenvalue weighted by molar-refractivity contribution is -0.193. The van der Waals surface area contributed by atoms with E-state index in [-0.39, 0.29) is 5.41 Å². The second-order valence-electron chi connectivity index (χ2n) is 8.85. The van der Waals surface area contributed by atoms with E-state index in [1.54, 1.807) is 12.4 Å². The molecule has 3 aliphatic heterocycles. The second kappa shape index (κ2) is 12.1. The van der Waals surface area contributed by atoms with Gasteiger partial charge in [0, 0.05) is 45.1 Å². The van der Waals surface area contributed by atoms with Gasteiger partial charge in [-0.2, -0.15) is 26.3 Å². The molecular formula is C22H27F6N3O6. The molecule has 0 aliphatic carbocycles. The maximum absolute atomic E-state index is 13.2. The average molecular weight is 543 g/mol. The summed E-state index contributed by atoms with van der Waals surface area (Å²) in [7, 11) is 0. The third-order valence-electron chi connectivity index (χ3n) is 6.54. The summed E-state index contributed by atoms with van der Waals surface area (Å²) in [5.41, 5.74) is 0.736. The number of carboxylic acid groups (broad SMARTS) is 2. The number of hydrogen-bond acceptors (Lipinski definition) is 6. The first-order valence-corrected chi connectivity index (χ1v) is 11.2. The minimum Gasteiger partial charge on any atom is -0.475 e. The summed E-state index contributed by atoms with van der Waals surface area (Å²) in [5.74, 6) is -4.80. The Morgan fingerprint density at radius 3 is 2.08 bits per heavy atom. The van der Waals surface area contributed by atoms with Crippen LogP contribution < -0.4 is 4.90 Å². The molecule has 1 amide bonds. The van der Waals surface area contributed by atoms with Crippen molar-refractivity contribution in [1.82, 2.24) is 9.88 Å². The van der Waals surface area contributed by atoms with Crippen LogP contribution in [0.4, 0.5) is 32.0 Å². The molecule has 3 saturated heterocycles. The molecule has 208 valence electrons. The summed E-state index contributed by atoms with van der Waals surface area (Å²) in [6.07, 6.45) is -3.45. The minimum atomic E-state index is -5.08. The molecule has 3 fully saturated rings. The summed E-state index contributed by atoms with van der Waals surface area (Å²) in [6.45, 7) is 6.74. The molecule has 4 heterocycles. The smallest absolute Gasteiger partial charge is 0.475 e. The quantitative estimate of drug-likeness (QED) is 0.546. The molecule has 1 aromatic rings. The predicted octanol–water partition coefficient (Wildman–Crippen LogP) is 3.20. The van der Waals surface area contributed by atoms with Crippen molar-refractivity contribution in [2.75, 3.05) is 37.7 Å². The zero-order valence-corrected chi connectivity index (χ0v) is 19.8. The fourth-order valence-corrected chi connectivity index (χ4v) is 4.59. The van der Waals surface area contributed by atoms with E-state index in [9.17, 15) is 31.1 Å². The van der Waals surface area contributed by atoms with Crippen LogP contribution in [0.25, 0.3) is 0 Å². The molecule has 3 aliphatic rings. The number of halogens is 6. The number of carbonyl (C=O) groups is 3. The number of aromatic nitrogens is 1. The van der Waals surface area contributed by atoms with E-state index in [1.165, 1.54) is 0 Å². The monoisotopic (exact) mass is 543 g/mol. The van der Waals surface area contributed by atoms with Crippen LogP contribution in [0.15, 0.2) is 24.5 Å². The number of alkyl halides is 6. The van der Waals surface area contributed by atoms with Gasteiger partial charge in [0.05, 0.1) is 17.3 Å². The summed E-state index contributed by atoms with van der Waals surface area (Å²) >= 11 is 0. The normalized spacial score (nSPS) is 24.8. The number of amides is 1. The molecule has 1 aromatic heterocycles. The van der Waals surface area contributed by atoms with Gasteiger partial charge in [-0.3, -0.25) is 14.7 Å². The highest BCUT2D eigenvalue weighted by Crippen LogP contribution is 2.46. The van der Waals surface area contributed by atoms with Crippen molar-refractivity contribution < 1.29 is 55.7 Å². The molecule has 0 radical (unpaired) electrons. The standard InChI is InChI=1S/C18H25N3O2.2C2HF3O2/c1-14-12-20(15-4-9-23-10-5-15)13-18(14)6-8-21(17(18)22)16-3-2-7-19-11-16;2*3-2(4,5)1(6)7/h2-3,7,11,14-15H,4-6,8-10,12-13H2,1H3;2*(H,6,7)/t14-,18-;;/m1../s1. The molecule has 0 unspecified atom stereocenters. The van der Waals surface area contributed by atoms with Gasteiger partial charge in [-0.05, 0) is 37.3 Å². The number of likely N-dealkylation sites (tertiary alicyclic amines) is 1. The highest BCUT2D eigenvalue weighted by atomic mass is 19.4. The topological polar surface area (TPSA) is 120 Å². The second-order valence-corrected chi connectivity index (χ2v) is 8.85. The van der Waals surface area contributed by atoms with Crippen LogP contribution in [0.2, 0.25) is 0 Å². The fraction of sp³-hybridized carbons (Fsp3) is 0.636. The van der Waals surface area contributed by atoms with Gasteiger partial charge >= 0.3 is 24.3 Å². The summed E-state index contributed by atoms with van der Waals surface area (Å²) in [6, 6.07) is 4.48. The molecule has 1 spiro atoms. The third-order valence-corrected chi connectivity index (χ3v) is 6.54. The Bertz CT molecular complexity index is 915. The molecule has 0 aromatic carbocycles. The summed E-state index contributed by atoms with van der Waals surface area (Å²) < 4.78 is 69.0. The SMILES string of the molecule is C[C@@H]1CN(C2CCOCC2)C[C@]12CCN(c1cccnc1)C2=O.O=C(O)C(F)(F)F.O=C(O)C(F)(F)F. The van der Waals surface area contributed by atoms with Crippen molar-refractivity contribution >= 4 is 23.5 Å². The Labute approximate surface area is 208 Å². The zero-order valence-electron chi connectivity index (χ0n) is 19.8. The number of nitrogens with zero attached hydrogens (tertiary/aromatic N) is 3. The van der Waals surface area contributed by atoms with Gasteiger partial charge in [-0.15, -0.1) is 0 Å². The van der Waals surface area contributed by atoms with Crippen LogP contribution in [0.3, 0.4) is 0 Å². The van der Waals surface area contributed by atoms with Crippen molar-refractivity contribution in [2.24, 2.45) is 11.3 Å². The van der Waals surface area contributed by atoms with E-state index in [2.05, 4.69) is 16.8 Å². The first kappa shape index (κ1) is 30.3. The number of anilines is 1. The van der Waals surface area contributed by atoms with Crippen molar-refractivity contribution in [3.63, 3.8) is 0 Å². The van der Waals surface area contributed by atoms with Crippen LogP contribution in [0.1, 0.15) is 26.2 Å². The molecule has 15 heteroatoms. The lowest BCUT2D eigenvalue weighted by Gasteiger charge is -2.32. The predicted molar refractivity (Wildman–Crippen MR) is 116 cm³/mol. The number of pyridine rings is 1. The van der Waals surface area contributed by atoms with E-state index in [4.69, 9.17) is 24.5 Å². The molecule has 2 N–H and O–H groups in total. The Kier molecular flexibility index (Phi) is 9.88. The highest BCUT2D eigenvalue weighted by Gasteiger charge is 2.56. The number of aliphatic carboxylic acids is 2. The maximum atomic E-state index is 13.2. The zero-order chi connectivity index (χ0) is 28.0. The van der Waals surface area contributed by atoms with E-state index in [1.807, 2.05) is 17.0 Å². The van der Waals surface area contributed by atoms with E-state index >= 15 is 0 Å². The lowest BCUT2D eigenvalue weighted by atomic mass is 9.78. The van der Waals surface area contributed by atoms with Crippen LogP contribution >= 0.6 is 0 Å². The first-order valence-electron chi connectivity index (χ1n) is 11.2. The van der Waals surface area contributed by atoms with Crippen molar-refractivity contribution in [2.45, 2.75) is 44.6 Å². The van der Waals surface area contributed by atoms with Gasteiger partial charge in [0.25, 0.3) is 0 Å². The summed E-state index contributed by atoms with van der Waals surface area (Å²) in [4.78, 5) is 39.7. The van der Waals surface area contributed by atoms with Crippen LogP contribution in [-0.4, -0.2) is 89.2 Å². The molecular weight excluding hydrogens is 516 g/mol. The number of carboxylic acids is 2. The lowest BCUT2D eigenvalue weighted by Crippen LogP contribution is -2.42. The molecule has 0 bridgehead atoms. The fourth-order valence-electron chi connectivity index (χ4n) is 4.59. The van der Waals surface area contributed by atoms with Crippen molar-refractivity contribution in [1.29, 1.82) is 0 Å². The summed E-state index contributed by atoms with van der Waals surface area (Å²) in [5, 5.41) is 14.2. The van der Waals surface area contributed by atoms with Crippen LogP contribution in [-0.2, 0) is 19.1 Å². The largest absolute Gasteiger partial charge is 0.490 e. The maximum Gasteiger partial charge on any atom is 0.490 e. The number of hydrogen-bond donors (Lipinski definition) is 2. The average Bonchev–Trinajstić information content (AvgIpc) is 3.34. The first-order chi connectivity index (χ1) is 17.1. The molecule has 37 heavy (non-hydrogen) atoms. The van der Waals surface area contributed by atoms with Crippen molar-refractivity contribution in [3.8, 4) is 0 Å². The Morgan fingerprint density at radius 2 is 1.62 bits per heavy atom. The van der Waals surface area contributed by atoms with E-state index in [0.717, 1.165) is 57.8 Å². The number of rotatable bonds is 2. The molecule has 0 saturated carbocycles. The van der Waals surface area contributed by atoms with E-state index in [0.29, 0.717) is 17.9 Å². The van der Waals surface area contributed by atoms with Gasteiger partial charge in [0.15, 0.2) is 0 Å².